The van der Waals surface area contributed by atoms with Crippen LogP contribution >= 0.6 is 0 Å². The molecule has 0 aliphatic carbocycles. The van der Waals surface area contributed by atoms with E-state index in [4.69, 9.17) is 4.74 Å². The SMILES string of the molecule is CC(NC(=O)CCOc1ccccc1)c1ncc[nH]1. The molecule has 19 heavy (non-hydrogen) atoms. The second-order valence-corrected chi connectivity index (χ2v) is 4.18. The first kappa shape index (κ1) is 13.1. The van der Waals surface area contributed by atoms with Gasteiger partial charge in [0.2, 0.25) is 5.91 Å². The first-order valence-electron chi connectivity index (χ1n) is 6.22. The van der Waals surface area contributed by atoms with Gasteiger partial charge in [0.15, 0.2) is 0 Å². The van der Waals surface area contributed by atoms with Gasteiger partial charge in [-0.05, 0) is 19.1 Å². The summed E-state index contributed by atoms with van der Waals surface area (Å²) in [5.74, 6) is 1.46. The first-order chi connectivity index (χ1) is 9.25. The van der Waals surface area contributed by atoms with E-state index in [-0.39, 0.29) is 11.9 Å². The Hall–Kier alpha value is -2.30. The highest BCUT2D eigenvalue weighted by atomic mass is 16.5. The van der Waals surface area contributed by atoms with Crippen LogP contribution < -0.4 is 10.1 Å². The Morgan fingerprint density at radius 3 is 2.89 bits per heavy atom. The quantitative estimate of drug-likeness (QED) is 0.834. The molecule has 0 radical (unpaired) electrons. The molecule has 0 aliphatic rings. The number of imidazole rings is 1. The number of hydrogen-bond acceptors (Lipinski definition) is 3. The lowest BCUT2D eigenvalue weighted by Crippen LogP contribution is -2.28. The molecule has 1 unspecified atom stereocenters. The van der Waals surface area contributed by atoms with Gasteiger partial charge in [-0.15, -0.1) is 0 Å². The standard InChI is InChI=1S/C14H17N3O2/c1-11(14-15-8-9-16-14)17-13(18)7-10-19-12-5-3-2-4-6-12/h2-6,8-9,11H,7,10H2,1H3,(H,15,16)(H,17,18). The van der Waals surface area contributed by atoms with Crippen LogP contribution in [0.5, 0.6) is 5.75 Å². The van der Waals surface area contributed by atoms with Crippen LogP contribution in [0.3, 0.4) is 0 Å². The predicted molar refractivity (Wildman–Crippen MR) is 71.7 cm³/mol. The number of carbonyl (C=O) groups is 1. The van der Waals surface area contributed by atoms with E-state index in [0.29, 0.717) is 13.0 Å². The van der Waals surface area contributed by atoms with Gasteiger partial charge in [-0.2, -0.15) is 0 Å². The maximum atomic E-state index is 11.7. The highest BCUT2D eigenvalue weighted by Gasteiger charge is 2.11. The van der Waals surface area contributed by atoms with Crippen molar-refractivity contribution < 1.29 is 9.53 Å². The maximum absolute atomic E-state index is 11.7. The molecule has 100 valence electrons. The largest absolute Gasteiger partial charge is 0.493 e. The minimum absolute atomic E-state index is 0.0557. The van der Waals surface area contributed by atoms with Crippen LogP contribution in [0, 0.1) is 0 Å². The van der Waals surface area contributed by atoms with Gasteiger partial charge < -0.3 is 15.0 Å². The molecular formula is C14H17N3O2. The van der Waals surface area contributed by atoms with Crippen molar-refractivity contribution in [1.29, 1.82) is 0 Å². The van der Waals surface area contributed by atoms with E-state index in [1.165, 1.54) is 0 Å². The second kappa shape index (κ2) is 6.58. The normalized spacial score (nSPS) is 11.8. The number of amides is 1. The maximum Gasteiger partial charge on any atom is 0.224 e. The molecule has 2 aromatic rings. The van der Waals surface area contributed by atoms with Crippen LogP contribution in [-0.2, 0) is 4.79 Å². The second-order valence-electron chi connectivity index (χ2n) is 4.18. The third kappa shape index (κ3) is 4.13. The Balaban J connectivity index is 1.70. The van der Waals surface area contributed by atoms with E-state index < -0.39 is 0 Å². The number of rotatable bonds is 6. The Labute approximate surface area is 112 Å². The van der Waals surface area contributed by atoms with Gasteiger partial charge in [0.05, 0.1) is 19.1 Å². The summed E-state index contributed by atoms with van der Waals surface area (Å²) < 4.78 is 5.46. The third-order valence-corrected chi connectivity index (χ3v) is 2.65. The molecule has 2 rings (SSSR count). The third-order valence-electron chi connectivity index (χ3n) is 2.65. The van der Waals surface area contributed by atoms with Crippen molar-refractivity contribution in [2.45, 2.75) is 19.4 Å². The summed E-state index contributed by atoms with van der Waals surface area (Å²) in [6.45, 7) is 2.25. The van der Waals surface area contributed by atoms with Crippen LogP contribution in [-0.4, -0.2) is 22.5 Å². The average molecular weight is 259 g/mol. The number of carbonyl (C=O) groups excluding carboxylic acids is 1. The van der Waals surface area contributed by atoms with Gasteiger partial charge in [-0.3, -0.25) is 4.79 Å². The lowest BCUT2D eigenvalue weighted by atomic mass is 10.3. The topological polar surface area (TPSA) is 67.0 Å². The monoisotopic (exact) mass is 259 g/mol. The van der Waals surface area contributed by atoms with E-state index in [2.05, 4.69) is 15.3 Å². The van der Waals surface area contributed by atoms with E-state index in [0.717, 1.165) is 11.6 Å². The van der Waals surface area contributed by atoms with E-state index >= 15 is 0 Å². The Morgan fingerprint density at radius 2 is 2.21 bits per heavy atom. The number of nitrogens with one attached hydrogen (secondary N) is 2. The van der Waals surface area contributed by atoms with Gasteiger partial charge in [0.25, 0.3) is 0 Å². The van der Waals surface area contributed by atoms with Crippen molar-refractivity contribution in [1.82, 2.24) is 15.3 Å². The lowest BCUT2D eigenvalue weighted by Gasteiger charge is -2.11. The summed E-state index contributed by atoms with van der Waals surface area (Å²) in [4.78, 5) is 18.8. The Bertz CT molecular complexity index is 497. The molecule has 1 atom stereocenters. The molecule has 5 heteroatoms. The smallest absolute Gasteiger partial charge is 0.224 e. The molecule has 5 nitrogen and oxygen atoms in total. The summed E-state index contributed by atoms with van der Waals surface area (Å²) in [6.07, 6.45) is 3.72. The number of aromatic amines is 1. The van der Waals surface area contributed by atoms with Crippen molar-refractivity contribution in [2.24, 2.45) is 0 Å². The molecule has 1 amide bonds. The number of para-hydroxylation sites is 1. The molecule has 0 fully saturated rings. The van der Waals surface area contributed by atoms with E-state index in [1.54, 1.807) is 12.4 Å². The summed E-state index contributed by atoms with van der Waals surface area (Å²) in [7, 11) is 0. The van der Waals surface area contributed by atoms with Gasteiger partial charge >= 0.3 is 0 Å². The highest BCUT2D eigenvalue weighted by Crippen LogP contribution is 2.09. The van der Waals surface area contributed by atoms with Gasteiger partial charge in [0, 0.05) is 12.4 Å². The minimum Gasteiger partial charge on any atom is -0.493 e. The molecule has 1 aromatic carbocycles. The first-order valence-corrected chi connectivity index (χ1v) is 6.22. The highest BCUT2D eigenvalue weighted by molar-refractivity contribution is 5.76. The predicted octanol–water partition coefficient (Wildman–Crippen LogP) is 2.06. The zero-order valence-corrected chi connectivity index (χ0v) is 10.8. The van der Waals surface area contributed by atoms with Crippen LogP contribution in [0.15, 0.2) is 42.7 Å². The average Bonchev–Trinajstić information content (AvgIpc) is 2.94. The van der Waals surface area contributed by atoms with Crippen LogP contribution in [0.4, 0.5) is 0 Å². The van der Waals surface area contributed by atoms with Crippen LogP contribution in [0.25, 0.3) is 0 Å². The lowest BCUT2D eigenvalue weighted by molar-refractivity contribution is -0.122. The molecule has 2 N–H and O–H groups in total. The number of benzene rings is 1. The molecule has 0 saturated heterocycles. The Kier molecular flexibility index (Phi) is 4.55. The molecule has 1 aromatic heterocycles. The van der Waals surface area contributed by atoms with Crippen molar-refractivity contribution in [3.8, 4) is 5.75 Å². The van der Waals surface area contributed by atoms with Crippen molar-refractivity contribution >= 4 is 5.91 Å². The fourth-order valence-corrected chi connectivity index (χ4v) is 1.67. The van der Waals surface area contributed by atoms with Gasteiger partial charge in [-0.1, -0.05) is 18.2 Å². The minimum atomic E-state index is -0.126. The van der Waals surface area contributed by atoms with E-state index in [1.807, 2.05) is 37.3 Å². The van der Waals surface area contributed by atoms with Crippen LogP contribution in [0.2, 0.25) is 0 Å². The zero-order chi connectivity index (χ0) is 13.5. The van der Waals surface area contributed by atoms with Crippen molar-refractivity contribution in [2.75, 3.05) is 6.61 Å². The Morgan fingerprint density at radius 1 is 1.42 bits per heavy atom. The molecule has 0 bridgehead atoms. The van der Waals surface area contributed by atoms with Crippen LogP contribution in [0.1, 0.15) is 25.2 Å². The summed E-state index contributed by atoms with van der Waals surface area (Å²) >= 11 is 0. The molecule has 0 aliphatic heterocycles. The van der Waals surface area contributed by atoms with Gasteiger partial charge in [-0.25, -0.2) is 4.98 Å². The molecule has 0 saturated carbocycles. The summed E-state index contributed by atoms with van der Waals surface area (Å²) in [5, 5.41) is 2.86. The number of ether oxygens (including phenoxy) is 1. The van der Waals surface area contributed by atoms with Gasteiger partial charge in [0.1, 0.15) is 11.6 Å². The summed E-state index contributed by atoms with van der Waals surface area (Å²) in [6, 6.07) is 9.32. The number of aromatic nitrogens is 2. The summed E-state index contributed by atoms with van der Waals surface area (Å²) in [5.41, 5.74) is 0. The zero-order valence-electron chi connectivity index (χ0n) is 10.8. The fourth-order valence-electron chi connectivity index (χ4n) is 1.67. The van der Waals surface area contributed by atoms with E-state index in [9.17, 15) is 4.79 Å². The number of hydrogen-bond donors (Lipinski definition) is 2. The number of nitrogens with zero attached hydrogens (tertiary/aromatic N) is 1. The molecule has 1 heterocycles. The number of H-pyrrole nitrogens is 1. The molecule has 0 spiro atoms. The van der Waals surface area contributed by atoms with Crippen molar-refractivity contribution in [3.05, 3.63) is 48.5 Å². The molecular weight excluding hydrogens is 242 g/mol. The van der Waals surface area contributed by atoms with Crippen molar-refractivity contribution in [3.63, 3.8) is 0 Å². The fraction of sp³-hybridized carbons (Fsp3) is 0.286.